The van der Waals surface area contributed by atoms with Gasteiger partial charge in [0.25, 0.3) is 5.88 Å². The quantitative estimate of drug-likeness (QED) is 0.721. The predicted octanol–water partition coefficient (Wildman–Crippen LogP) is 1.38. The SMILES string of the molecule is COc1nc2ccccc2n2c(CO)cnc12. The Morgan fingerprint density at radius 2 is 2.18 bits per heavy atom. The number of ether oxygens (including phenoxy) is 1. The Hall–Kier alpha value is -2.14. The number of aliphatic hydroxyl groups is 1. The summed E-state index contributed by atoms with van der Waals surface area (Å²) in [6.45, 7) is -0.0711. The molecule has 0 unspecified atom stereocenters. The number of para-hydroxylation sites is 2. The third-order valence-corrected chi connectivity index (χ3v) is 2.73. The number of aliphatic hydroxyl groups excluding tert-OH is 1. The van der Waals surface area contributed by atoms with Crippen molar-refractivity contribution in [2.45, 2.75) is 6.61 Å². The molecule has 86 valence electrons. The number of benzene rings is 1. The lowest BCUT2D eigenvalue weighted by atomic mass is 10.3. The minimum atomic E-state index is -0.0711. The fourth-order valence-electron chi connectivity index (χ4n) is 1.96. The van der Waals surface area contributed by atoms with Crippen molar-refractivity contribution in [3.63, 3.8) is 0 Å². The molecule has 0 saturated carbocycles. The van der Waals surface area contributed by atoms with Crippen LogP contribution in [0.2, 0.25) is 0 Å². The van der Waals surface area contributed by atoms with Crippen molar-refractivity contribution in [1.82, 2.24) is 14.4 Å². The van der Waals surface area contributed by atoms with Gasteiger partial charge in [-0.2, -0.15) is 0 Å². The molecule has 1 aromatic carbocycles. The van der Waals surface area contributed by atoms with Gasteiger partial charge >= 0.3 is 0 Å². The van der Waals surface area contributed by atoms with Gasteiger partial charge in [-0.1, -0.05) is 12.1 Å². The molecule has 0 aliphatic carbocycles. The number of hydrogen-bond acceptors (Lipinski definition) is 4. The normalized spacial score (nSPS) is 11.2. The Labute approximate surface area is 97.3 Å². The largest absolute Gasteiger partial charge is 0.478 e. The number of hydrogen-bond donors (Lipinski definition) is 1. The van der Waals surface area contributed by atoms with Crippen LogP contribution < -0.4 is 4.74 Å². The topological polar surface area (TPSA) is 59.7 Å². The van der Waals surface area contributed by atoms with Gasteiger partial charge in [0.15, 0.2) is 0 Å². The van der Waals surface area contributed by atoms with E-state index in [1.165, 1.54) is 0 Å². The van der Waals surface area contributed by atoms with Gasteiger partial charge in [-0.25, -0.2) is 9.97 Å². The molecule has 0 amide bonds. The first-order chi connectivity index (χ1) is 8.35. The van der Waals surface area contributed by atoms with E-state index in [-0.39, 0.29) is 6.61 Å². The molecular formula is C12H11N3O2. The fraction of sp³-hybridized carbons (Fsp3) is 0.167. The lowest BCUT2D eigenvalue weighted by Gasteiger charge is -2.07. The Morgan fingerprint density at radius 3 is 2.94 bits per heavy atom. The molecule has 0 saturated heterocycles. The minimum absolute atomic E-state index is 0.0711. The van der Waals surface area contributed by atoms with E-state index in [1.807, 2.05) is 28.7 Å². The molecular weight excluding hydrogens is 218 g/mol. The highest BCUT2D eigenvalue weighted by atomic mass is 16.5. The van der Waals surface area contributed by atoms with Crippen LogP contribution in [0.1, 0.15) is 5.69 Å². The zero-order valence-electron chi connectivity index (χ0n) is 9.29. The fourth-order valence-corrected chi connectivity index (χ4v) is 1.96. The third kappa shape index (κ3) is 1.36. The molecule has 3 aromatic rings. The molecule has 0 aliphatic rings. The van der Waals surface area contributed by atoms with Crippen molar-refractivity contribution >= 4 is 16.7 Å². The third-order valence-electron chi connectivity index (χ3n) is 2.73. The van der Waals surface area contributed by atoms with Crippen molar-refractivity contribution in [3.8, 4) is 5.88 Å². The molecule has 5 nitrogen and oxygen atoms in total. The van der Waals surface area contributed by atoms with Crippen molar-refractivity contribution in [3.05, 3.63) is 36.2 Å². The van der Waals surface area contributed by atoms with E-state index in [1.54, 1.807) is 13.3 Å². The first kappa shape index (κ1) is 10.0. The zero-order valence-corrected chi connectivity index (χ0v) is 9.29. The first-order valence-electron chi connectivity index (χ1n) is 5.25. The smallest absolute Gasteiger partial charge is 0.258 e. The lowest BCUT2D eigenvalue weighted by Crippen LogP contribution is -1.99. The van der Waals surface area contributed by atoms with Crippen LogP contribution in [0.3, 0.4) is 0 Å². The Morgan fingerprint density at radius 1 is 1.35 bits per heavy atom. The number of nitrogens with zero attached hydrogens (tertiary/aromatic N) is 3. The maximum Gasteiger partial charge on any atom is 0.258 e. The molecule has 3 rings (SSSR count). The Kier molecular flexibility index (Phi) is 2.19. The standard InChI is InChI=1S/C12H11N3O2/c1-17-12-11-13-6-8(7-16)15(11)10-5-3-2-4-9(10)14-12/h2-6,16H,7H2,1H3. The van der Waals surface area contributed by atoms with Gasteiger partial charge in [0.2, 0.25) is 5.65 Å². The van der Waals surface area contributed by atoms with Gasteiger partial charge in [-0.15, -0.1) is 0 Å². The van der Waals surface area contributed by atoms with E-state index >= 15 is 0 Å². The maximum atomic E-state index is 9.33. The second-order valence-corrected chi connectivity index (χ2v) is 3.68. The highest BCUT2D eigenvalue weighted by Crippen LogP contribution is 2.23. The van der Waals surface area contributed by atoms with Crippen LogP contribution in [0.4, 0.5) is 0 Å². The van der Waals surface area contributed by atoms with E-state index in [0.29, 0.717) is 11.5 Å². The number of imidazole rings is 1. The van der Waals surface area contributed by atoms with Crippen LogP contribution in [-0.2, 0) is 6.61 Å². The summed E-state index contributed by atoms with van der Waals surface area (Å²) in [6.07, 6.45) is 1.63. The van der Waals surface area contributed by atoms with Crippen LogP contribution in [0.15, 0.2) is 30.5 Å². The highest BCUT2D eigenvalue weighted by molar-refractivity contribution is 5.80. The van der Waals surface area contributed by atoms with Crippen LogP contribution in [0.25, 0.3) is 16.7 Å². The summed E-state index contributed by atoms with van der Waals surface area (Å²) in [6, 6.07) is 7.68. The van der Waals surface area contributed by atoms with Crippen LogP contribution >= 0.6 is 0 Å². The van der Waals surface area contributed by atoms with Crippen molar-refractivity contribution in [1.29, 1.82) is 0 Å². The summed E-state index contributed by atoms with van der Waals surface area (Å²) in [5.41, 5.74) is 3.06. The summed E-state index contributed by atoms with van der Waals surface area (Å²) in [7, 11) is 1.56. The minimum Gasteiger partial charge on any atom is -0.478 e. The number of methoxy groups -OCH3 is 1. The van der Waals surface area contributed by atoms with Crippen molar-refractivity contribution < 1.29 is 9.84 Å². The summed E-state index contributed by atoms with van der Waals surface area (Å²) >= 11 is 0. The molecule has 5 heteroatoms. The van der Waals surface area contributed by atoms with Gasteiger partial charge in [-0.3, -0.25) is 4.40 Å². The zero-order chi connectivity index (χ0) is 11.8. The maximum absolute atomic E-state index is 9.33. The second kappa shape index (κ2) is 3.71. The molecule has 0 spiro atoms. The van der Waals surface area contributed by atoms with Crippen molar-refractivity contribution in [2.24, 2.45) is 0 Å². The van der Waals surface area contributed by atoms with Crippen LogP contribution in [0.5, 0.6) is 5.88 Å². The lowest BCUT2D eigenvalue weighted by molar-refractivity contribution is 0.276. The number of fused-ring (bicyclic) bond motifs is 3. The molecule has 0 bridgehead atoms. The first-order valence-corrected chi connectivity index (χ1v) is 5.25. The number of aromatic nitrogens is 3. The van der Waals surface area contributed by atoms with Gasteiger partial charge in [-0.05, 0) is 12.1 Å². The average molecular weight is 229 g/mol. The Balaban J connectivity index is 2.54. The van der Waals surface area contributed by atoms with Crippen LogP contribution in [0, 0.1) is 0 Å². The van der Waals surface area contributed by atoms with Gasteiger partial charge < -0.3 is 9.84 Å². The van der Waals surface area contributed by atoms with Gasteiger partial charge in [0.05, 0.1) is 36.6 Å². The summed E-state index contributed by atoms with van der Waals surface area (Å²) in [4.78, 5) is 8.61. The predicted molar refractivity (Wildman–Crippen MR) is 63.0 cm³/mol. The van der Waals surface area contributed by atoms with Crippen molar-refractivity contribution in [2.75, 3.05) is 7.11 Å². The molecule has 2 heterocycles. The molecule has 0 aliphatic heterocycles. The summed E-state index contributed by atoms with van der Waals surface area (Å²) in [5.74, 6) is 0.461. The van der Waals surface area contributed by atoms with E-state index in [0.717, 1.165) is 16.7 Å². The van der Waals surface area contributed by atoms with Crippen LogP contribution in [-0.4, -0.2) is 26.6 Å². The number of rotatable bonds is 2. The molecule has 17 heavy (non-hydrogen) atoms. The Bertz CT molecular complexity index is 691. The molecule has 2 aromatic heterocycles. The average Bonchev–Trinajstić information content (AvgIpc) is 2.82. The van der Waals surface area contributed by atoms with Gasteiger partial charge in [0.1, 0.15) is 0 Å². The summed E-state index contributed by atoms with van der Waals surface area (Å²) < 4.78 is 7.08. The molecule has 1 N–H and O–H groups in total. The van der Waals surface area contributed by atoms with E-state index < -0.39 is 0 Å². The van der Waals surface area contributed by atoms with E-state index in [2.05, 4.69) is 9.97 Å². The summed E-state index contributed by atoms with van der Waals surface area (Å²) in [5, 5.41) is 9.33. The second-order valence-electron chi connectivity index (χ2n) is 3.68. The monoisotopic (exact) mass is 229 g/mol. The van der Waals surface area contributed by atoms with E-state index in [4.69, 9.17) is 4.74 Å². The van der Waals surface area contributed by atoms with E-state index in [9.17, 15) is 5.11 Å². The van der Waals surface area contributed by atoms with Gasteiger partial charge in [0, 0.05) is 0 Å². The molecule has 0 atom stereocenters. The molecule has 0 radical (unpaired) electrons. The molecule has 0 fully saturated rings. The highest BCUT2D eigenvalue weighted by Gasteiger charge is 2.12.